The van der Waals surface area contributed by atoms with Crippen molar-refractivity contribution in [1.82, 2.24) is 4.72 Å². The van der Waals surface area contributed by atoms with Gasteiger partial charge in [0.05, 0.1) is 18.4 Å². The summed E-state index contributed by atoms with van der Waals surface area (Å²) >= 11 is 6.28. The summed E-state index contributed by atoms with van der Waals surface area (Å²) in [6, 6.07) is 10.8. The first kappa shape index (κ1) is 28.9. The van der Waals surface area contributed by atoms with Crippen LogP contribution in [0.25, 0.3) is 0 Å². The molecule has 0 radical (unpaired) electrons. The van der Waals surface area contributed by atoms with E-state index in [4.69, 9.17) is 16.3 Å². The first-order valence-electron chi connectivity index (χ1n) is 14.0. The fourth-order valence-electron chi connectivity index (χ4n) is 5.92. The van der Waals surface area contributed by atoms with Crippen molar-refractivity contribution in [3.05, 3.63) is 70.3 Å². The zero-order valence-electron chi connectivity index (χ0n) is 22.5. The van der Waals surface area contributed by atoms with Crippen LogP contribution >= 0.6 is 11.6 Å². The Morgan fingerprint density at radius 1 is 1.05 bits per heavy atom. The minimum Gasteiger partial charge on any atom is -0.487 e. The van der Waals surface area contributed by atoms with Gasteiger partial charge in [0.1, 0.15) is 17.6 Å². The molecule has 2 aromatic rings. The quantitative estimate of drug-likeness (QED) is 0.427. The van der Waals surface area contributed by atoms with E-state index in [1.807, 2.05) is 18.2 Å². The predicted molar refractivity (Wildman–Crippen MR) is 155 cm³/mol. The van der Waals surface area contributed by atoms with Crippen LogP contribution in [-0.2, 0) is 23.1 Å². The number of aliphatic hydroxyl groups is 2. The van der Waals surface area contributed by atoms with E-state index in [9.17, 15) is 23.4 Å². The van der Waals surface area contributed by atoms with E-state index >= 15 is 0 Å². The number of sulfonamides is 1. The molecule has 0 spiro atoms. The maximum atomic E-state index is 13.2. The van der Waals surface area contributed by atoms with Crippen LogP contribution < -0.4 is 14.4 Å². The molecule has 1 saturated carbocycles. The molecule has 0 unspecified atom stereocenters. The smallest absolute Gasteiger partial charge is 0.264 e. The number of amides is 1. The number of benzene rings is 2. The van der Waals surface area contributed by atoms with E-state index in [0.717, 1.165) is 55.5 Å². The molecule has 10 heteroatoms. The lowest BCUT2D eigenvalue weighted by molar-refractivity contribution is 0.0180. The van der Waals surface area contributed by atoms with Gasteiger partial charge in [-0.25, -0.2) is 13.1 Å². The summed E-state index contributed by atoms with van der Waals surface area (Å²) in [6.07, 6.45) is 8.02. The van der Waals surface area contributed by atoms with Gasteiger partial charge in [-0.2, -0.15) is 0 Å². The van der Waals surface area contributed by atoms with Crippen LogP contribution in [0.3, 0.4) is 0 Å². The molecule has 40 heavy (non-hydrogen) atoms. The third-order valence-corrected chi connectivity index (χ3v) is 10.4. The molecule has 4 atom stereocenters. The van der Waals surface area contributed by atoms with Gasteiger partial charge in [-0.3, -0.25) is 4.79 Å². The van der Waals surface area contributed by atoms with Crippen molar-refractivity contribution < 1.29 is 28.2 Å². The van der Waals surface area contributed by atoms with E-state index in [1.165, 1.54) is 0 Å². The fourth-order valence-corrected chi connectivity index (χ4v) is 7.22. The van der Waals surface area contributed by atoms with Crippen molar-refractivity contribution in [1.29, 1.82) is 0 Å². The molecule has 1 amide bonds. The summed E-state index contributed by atoms with van der Waals surface area (Å²) in [5.41, 5.74) is 3.13. The molecule has 3 aliphatic rings. The Balaban J connectivity index is 1.53. The molecule has 1 fully saturated rings. The van der Waals surface area contributed by atoms with Crippen LogP contribution in [0.5, 0.6) is 5.75 Å². The lowest BCUT2D eigenvalue weighted by atomic mass is 9.69. The van der Waals surface area contributed by atoms with E-state index in [-0.39, 0.29) is 23.8 Å². The molecule has 0 aromatic heterocycles. The third-order valence-electron chi connectivity index (χ3n) is 8.48. The molecular weight excluding hydrogens is 552 g/mol. The Kier molecular flexibility index (Phi) is 9.05. The maximum absolute atomic E-state index is 13.2. The number of allylic oxidation sites excluding steroid dienone is 1. The van der Waals surface area contributed by atoms with Crippen molar-refractivity contribution in [3.63, 3.8) is 0 Å². The van der Waals surface area contributed by atoms with Crippen molar-refractivity contribution >= 4 is 33.2 Å². The number of carbonyl (C=O) groups is 1. The maximum Gasteiger partial charge on any atom is 0.264 e. The first-order chi connectivity index (χ1) is 19.2. The Morgan fingerprint density at radius 2 is 1.88 bits per heavy atom. The first-order valence-corrected chi connectivity index (χ1v) is 16.0. The number of ether oxygens (including phenoxy) is 1. The average molecular weight is 589 g/mol. The van der Waals surface area contributed by atoms with Crippen LogP contribution in [0.4, 0.5) is 5.69 Å². The number of nitrogens with zero attached hydrogens (tertiary/aromatic N) is 1. The van der Waals surface area contributed by atoms with Gasteiger partial charge < -0.3 is 19.8 Å². The molecule has 0 saturated heterocycles. The standard InChI is InChI=1S/C30H37ClN2O6S/c31-24-11-8-23-19-39-29-13-10-21-16-27(29)33(14-4-3-5-20(23)15-24)17-22-9-12-26(22)28(35)7-2-1-6-25(18-34)40(37,38)32-30(21)36/h1-2,8,10-11,13,15-16,22,25-26,28,34-35H,3-7,9,12,14,17-19H2,(H,32,36)/b2-1-/t22-,25-,26+,28-/m0/s1. The number of fused-ring (bicyclic) bond motifs is 3. The molecule has 2 aliphatic heterocycles. The number of aliphatic hydroxyl groups excluding tert-OH is 2. The molecule has 2 bridgehead atoms. The normalized spacial score (nSPS) is 28.0. The average Bonchev–Trinajstić information content (AvgIpc) is 2.93. The Hall–Kier alpha value is -2.59. The lowest BCUT2D eigenvalue weighted by Crippen LogP contribution is -2.44. The molecule has 2 aromatic carbocycles. The molecule has 2 heterocycles. The highest BCUT2D eigenvalue weighted by Gasteiger charge is 2.37. The molecular formula is C30H37ClN2O6S. The summed E-state index contributed by atoms with van der Waals surface area (Å²) < 4.78 is 34.4. The van der Waals surface area contributed by atoms with Gasteiger partial charge >= 0.3 is 0 Å². The van der Waals surface area contributed by atoms with E-state index in [1.54, 1.807) is 30.4 Å². The second kappa shape index (κ2) is 12.5. The van der Waals surface area contributed by atoms with Crippen molar-refractivity contribution in [2.75, 3.05) is 24.6 Å². The summed E-state index contributed by atoms with van der Waals surface area (Å²) in [7, 11) is -4.14. The van der Waals surface area contributed by atoms with Gasteiger partial charge in [-0.15, -0.1) is 0 Å². The predicted octanol–water partition coefficient (Wildman–Crippen LogP) is 4.22. The van der Waals surface area contributed by atoms with Crippen LogP contribution in [0.15, 0.2) is 48.6 Å². The second-order valence-corrected chi connectivity index (χ2v) is 13.5. The Labute approximate surface area is 241 Å². The minimum atomic E-state index is -4.14. The zero-order valence-corrected chi connectivity index (χ0v) is 24.0. The zero-order chi connectivity index (χ0) is 28.3. The number of anilines is 1. The molecule has 8 nitrogen and oxygen atoms in total. The van der Waals surface area contributed by atoms with Gasteiger partial charge in [-0.1, -0.05) is 29.8 Å². The highest BCUT2D eigenvalue weighted by atomic mass is 35.5. The van der Waals surface area contributed by atoms with Crippen LogP contribution in [0, 0.1) is 11.8 Å². The van der Waals surface area contributed by atoms with Crippen LogP contribution in [0.2, 0.25) is 5.02 Å². The highest BCUT2D eigenvalue weighted by Crippen LogP contribution is 2.41. The Bertz CT molecular complexity index is 1360. The number of halogens is 1. The largest absolute Gasteiger partial charge is 0.487 e. The van der Waals surface area contributed by atoms with Crippen LogP contribution in [-0.4, -0.2) is 55.6 Å². The third kappa shape index (κ3) is 6.48. The van der Waals surface area contributed by atoms with Gasteiger partial charge in [0.25, 0.3) is 5.91 Å². The van der Waals surface area contributed by atoms with Crippen molar-refractivity contribution in [3.8, 4) is 5.75 Å². The topological polar surface area (TPSA) is 116 Å². The number of nitrogens with one attached hydrogen (secondary N) is 1. The van der Waals surface area contributed by atoms with Crippen LogP contribution in [0.1, 0.15) is 60.0 Å². The summed E-state index contributed by atoms with van der Waals surface area (Å²) in [5, 5.41) is 20.2. The SMILES string of the molecule is O=C1NS(=O)(=O)[C@H](CO)C/C=C\C[C@H](O)[C@@H]2CC[C@H]2CN2CCCCc3cc(Cl)ccc3COc3ccc1cc32. The number of hydrogen-bond donors (Lipinski definition) is 3. The number of rotatable bonds is 1. The summed E-state index contributed by atoms with van der Waals surface area (Å²) in [4.78, 5) is 15.4. The minimum absolute atomic E-state index is 0.0401. The number of hydrogen-bond acceptors (Lipinski definition) is 7. The fraction of sp³-hybridized carbons (Fsp3) is 0.500. The summed E-state index contributed by atoms with van der Waals surface area (Å²) in [5.74, 6) is 0.281. The summed E-state index contributed by atoms with van der Waals surface area (Å²) in [6.45, 7) is 1.14. The second-order valence-electron chi connectivity index (χ2n) is 11.1. The highest BCUT2D eigenvalue weighted by molar-refractivity contribution is 7.90. The van der Waals surface area contributed by atoms with E-state index in [0.29, 0.717) is 30.3 Å². The number of carbonyl (C=O) groups excluding carboxylic acids is 1. The molecule has 1 aliphatic carbocycles. The van der Waals surface area contributed by atoms with Gasteiger partial charge in [-0.05, 0) is 98.2 Å². The molecule has 3 N–H and O–H groups in total. The van der Waals surface area contributed by atoms with E-state index < -0.39 is 33.9 Å². The Morgan fingerprint density at radius 3 is 2.65 bits per heavy atom. The van der Waals surface area contributed by atoms with Gasteiger partial charge in [0, 0.05) is 23.7 Å². The van der Waals surface area contributed by atoms with E-state index in [2.05, 4.69) is 9.62 Å². The van der Waals surface area contributed by atoms with Crippen molar-refractivity contribution in [2.24, 2.45) is 11.8 Å². The lowest BCUT2D eigenvalue weighted by Gasteiger charge is -2.43. The monoisotopic (exact) mass is 588 g/mol. The molecule has 5 rings (SSSR count). The van der Waals surface area contributed by atoms with Gasteiger partial charge in [0.2, 0.25) is 10.0 Å². The van der Waals surface area contributed by atoms with Crippen molar-refractivity contribution in [2.45, 2.75) is 62.9 Å². The molecule has 216 valence electrons. The number of aryl methyl sites for hydroxylation is 1. The van der Waals surface area contributed by atoms with Gasteiger partial charge in [0.15, 0.2) is 0 Å².